The average Bonchev–Trinajstić information content (AvgIpc) is 2.94. The first-order valence-corrected chi connectivity index (χ1v) is 6.77. The van der Waals surface area contributed by atoms with Gasteiger partial charge in [0, 0.05) is 19.0 Å². The van der Waals surface area contributed by atoms with Crippen molar-refractivity contribution in [2.75, 3.05) is 26.8 Å². The SMILES string of the molecule is CCCOc1cccc(C2CNCC2C(=O)OC)c1. The molecule has 104 valence electrons. The second kappa shape index (κ2) is 6.57. The van der Waals surface area contributed by atoms with Gasteiger partial charge in [-0.3, -0.25) is 4.79 Å². The molecule has 1 aliphatic heterocycles. The van der Waals surface area contributed by atoms with Crippen LogP contribution in [0.1, 0.15) is 24.8 Å². The zero-order chi connectivity index (χ0) is 13.7. The second-order valence-electron chi connectivity index (χ2n) is 4.82. The minimum Gasteiger partial charge on any atom is -0.494 e. The van der Waals surface area contributed by atoms with Gasteiger partial charge in [0.05, 0.1) is 19.6 Å². The number of esters is 1. The predicted molar refractivity (Wildman–Crippen MR) is 73.3 cm³/mol. The van der Waals surface area contributed by atoms with E-state index >= 15 is 0 Å². The fourth-order valence-corrected chi connectivity index (χ4v) is 2.48. The lowest BCUT2D eigenvalue weighted by Crippen LogP contribution is -2.22. The molecule has 1 N–H and O–H groups in total. The van der Waals surface area contributed by atoms with E-state index in [2.05, 4.69) is 12.2 Å². The van der Waals surface area contributed by atoms with Crippen molar-refractivity contribution in [2.24, 2.45) is 5.92 Å². The van der Waals surface area contributed by atoms with Crippen LogP contribution >= 0.6 is 0 Å². The lowest BCUT2D eigenvalue weighted by Gasteiger charge is -2.17. The smallest absolute Gasteiger partial charge is 0.310 e. The van der Waals surface area contributed by atoms with Crippen molar-refractivity contribution in [3.05, 3.63) is 29.8 Å². The number of carbonyl (C=O) groups is 1. The van der Waals surface area contributed by atoms with Crippen molar-refractivity contribution in [2.45, 2.75) is 19.3 Å². The summed E-state index contributed by atoms with van der Waals surface area (Å²) in [6, 6.07) is 8.01. The summed E-state index contributed by atoms with van der Waals surface area (Å²) >= 11 is 0. The van der Waals surface area contributed by atoms with Crippen molar-refractivity contribution in [3.8, 4) is 5.75 Å². The third-order valence-electron chi connectivity index (χ3n) is 3.48. The van der Waals surface area contributed by atoms with Gasteiger partial charge in [0.15, 0.2) is 0 Å². The maximum Gasteiger partial charge on any atom is 0.310 e. The summed E-state index contributed by atoms with van der Waals surface area (Å²) in [5, 5.41) is 3.26. The summed E-state index contributed by atoms with van der Waals surface area (Å²) in [7, 11) is 1.44. The number of hydrogen-bond donors (Lipinski definition) is 1. The fraction of sp³-hybridized carbons (Fsp3) is 0.533. The van der Waals surface area contributed by atoms with Gasteiger partial charge in [-0.1, -0.05) is 19.1 Å². The summed E-state index contributed by atoms with van der Waals surface area (Å²) in [6.07, 6.45) is 0.986. The van der Waals surface area contributed by atoms with Crippen LogP contribution in [-0.2, 0) is 9.53 Å². The Hall–Kier alpha value is -1.55. The van der Waals surface area contributed by atoms with Crippen molar-refractivity contribution in [3.63, 3.8) is 0 Å². The largest absolute Gasteiger partial charge is 0.494 e. The van der Waals surface area contributed by atoms with Crippen molar-refractivity contribution in [1.82, 2.24) is 5.32 Å². The molecule has 0 aliphatic carbocycles. The predicted octanol–water partition coefficient (Wildman–Crippen LogP) is 1.95. The number of carbonyl (C=O) groups excluding carboxylic acids is 1. The number of methoxy groups -OCH3 is 1. The molecule has 0 saturated carbocycles. The summed E-state index contributed by atoms with van der Waals surface area (Å²) in [6.45, 7) is 4.28. The Morgan fingerprint density at radius 2 is 2.26 bits per heavy atom. The Balaban J connectivity index is 2.13. The first kappa shape index (κ1) is 13.9. The van der Waals surface area contributed by atoms with Crippen LogP contribution in [0.5, 0.6) is 5.75 Å². The van der Waals surface area contributed by atoms with E-state index in [1.54, 1.807) is 0 Å². The van der Waals surface area contributed by atoms with Crippen molar-refractivity contribution < 1.29 is 14.3 Å². The Morgan fingerprint density at radius 1 is 1.42 bits per heavy atom. The Morgan fingerprint density at radius 3 is 3.00 bits per heavy atom. The van der Waals surface area contributed by atoms with Crippen LogP contribution in [0, 0.1) is 5.92 Å². The molecule has 19 heavy (non-hydrogen) atoms. The molecular weight excluding hydrogens is 242 g/mol. The molecule has 1 heterocycles. The van der Waals surface area contributed by atoms with Crippen LogP contribution in [0.4, 0.5) is 0 Å². The number of ether oxygens (including phenoxy) is 2. The molecule has 1 aromatic rings. The quantitative estimate of drug-likeness (QED) is 0.825. The van der Waals surface area contributed by atoms with Gasteiger partial charge < -0.3 is 14.8 Å². The molecule has 4 heteroatoms. The van der Waals surface area contributed by atoms with Gasteiger partial charge in [0.1, 0.15) is 5.75 Å². The maximum absolute atomic E-state index is 11.8. The molecule has 2 unspecified atom stereocenters. The standard InChI is InChI=1S/C15H21NO3/c1-3-7-19-12-6-4-5-11(8-12)13-9-16-10-14(13)15(17)18-2/h4-6,8,13-14,16H,3,7,9-10H2,1-2H3. The van der Waals surface area contributed by atoms with E-state index in [1.807, 2.05) is 24.3 Å². The molecule has 2 rings (SSSR count). The number of rotatable bonds is 5. The minimum atomic E-state index is -0.144. The van der Waals surface area contributed by atoms with E-state index in [4.69, 9.17) is 9.47 Å². The van der Waals surface area contributed by atoms with Gasteiger partial charge in [-0.05, 0) is 24.1 Å². The highest BCUT2D eigenvalue weighted by Gasteiger charge is 2.34. The Labute approximate surface area is 114 Å². The third-order valence-corrected chi connectivity index (χ3v) is 3.48. The second-order valence-corrected chi connectivity index (χ2v) is 4.82. The van der Waals surface area contributed by atoms with Gasteiger partial charge in [-0.25, -0.2) is 0 Å². The van der Waals surface area contributed by atoms with E-state index in [9.17, 15) is 4.79 Å². The van der Waals surface area contributed by atoms with E-state index in [0.717, 1.165) is 24.3 Å². The molecule has 0 amide bonds. The molecule has 1 saturated heterocycles. The minimum absolute atomic E-state index is 0.105. The highest BCUT2D eigenvalue weighted by Crippen LogP contribution is 2.30. The molecule has 0 aromatic heterocycles. The van der Waals surface area contributed by atoms with Crippen LogP contribution in [0.15, 0.2) is 24.3 Å². The Kier molecular flexibility index (Phi) is 4.80. The van der Waals surface area contributed by atoms with Crippen LogP contribution < -0.4 is 10.1 Å². The number of benzene rings is 1. The number of hydrogen-bond acceptors (Lipinski definition) is 4. The number of nitrogens with one attached hydrogen (secondary N) is 1. The van der Waals surface area contributed by atoms with Gasteiger partial charge in [-0.15, -0.1) is 0 Å². The normalized spacial score (nSPS) is 22.2. The first-order chi connectivity index (χ1) is 9.26. The van der Waals surface area contributed by atoms with Crippen LogP contribution in [0.25, 0.3) is 0 Å². The molecule has 0 bridgehead atoms. The van der Waals surface area contributed by atoms with Gasteiger partial charge in [0.25, 0.3) is 0 Å². The van der Waals surface area contributed by atoms with E-state index in [0.29, 0.717) is 13.2 Å². The van der Waals surface area contributed by atoms with Crippen LogP contribution in [0.2, 0.25) is 0 Å². The highest BCUT2D eigenvalue weighted by molar-refractivity contribution is 5.74. The van der Waals surface area contributed by atoms with Gasteiger partial charge in [0.2, 0.25) is 0 Å². The first-order valence-electron chi connectivity index (χ1n) is 6.77. The third kappa shape index (κ3) is 3.26. The lowest BCUT2D eigenvalue weighted by molar-refractivity contribution is -0.145. The summed E-state index contributed by atoms with van der Waals surface area (Å²) in [4.78, 5) is 11.8. The molecule has 1 fully saturated rings. The van der Waals surface area contributed by atoms with Crippen LogP contribution in [-0.4, -0.2) is 32.8 Å². The monoisotopic (exact) mass is 263 g/mol. The zero-order valence-electron chi connectivity index (χ0n) is 11.5. The summed E-state index contributed by atoms with van der Waals surface area (Å²) in [5.41, 5.74) is 1.13. The molecule has 4 nitrogen and oxygen atoms in total. The molecular formula is C15H21NO3. The van der Waals surface area contributed by atoms with E-state index in [1.165, 1.54) is 7.11 Å². The van der Waals surface area contributed by atoms with E-state index < -0.39 is 0 Å². The maximum atomic E-state index is 11.8. The average molecular weight is 263 g/mol. The van der Waals surface area contributed by atoms with Gasteiger partial charge in [-0.2, -0.15) is 0 Å². The van der Waals surface area contributed by atoms with Crippen molar-refractivity contribution >= 4 is 5.97 Å². The van der Waals surface area contributed by atoms with Crippen molar-refractivity contribution in [1.29, 1.82) is 0 Å². The lowest BCUT2D eigenvalue weighted by atomic mass is 9.89. The Bertz CT molecular complexity index is 433. The topological polar surface area (TPSA) is 47.6 Å². The van der Waals surface area contributed by atoms with Gasteiger partial charge >= 0.3 is 5.97 Å². The fourth-order valence-electron chi connectivity index (χ4n) is 2.48. The summed E-state index contributed by atoms with van der Waals surface area (Å²) in [5.74, 6) is 0.786. The molecule has 0 radical (unpaired) electrons. The zero-order valence-corrected chi connectivity index (χ0v) is 11.5. The van der Waals surface area contributed by atoms with Crippen LogP contribution in [0.3, 0.4) is 0 Å². The molecule has 0 spiro atoms. The molecule has 1 aliphatic rings. The highest BCUT2D eigenvalue weighted by atomic mass is 16.5. The molecule has 1 aromatic carbocycles. The summed E-state index contributed by atoms with van der Waals surface area (Å²) < 4.78 is 10.5. The molecule has 2 atom stereocenters. The van der Waals surface area contributed by atoms with E-state index in [-0.39, 0.29) is 17.8 Å².